The maximum atomic E-state index is 12.0. The second kappa shape index (κ2) is 9.23. The van der Waals surface area contributed by atoms with E-state index in [1.807, 2.05) is 56.3 Å². The van der Waals surface area contributed by atoms with E-state index in [9.17, 15) is 4.79 Å². The number of benzene rings is 2. The van der Waals surface area contributed by atoms with E-state index >= 15 is 0 Å². The second-order valence-electron chi connectivity index (χ2n) is 5.92. The van der Waals surface area contributed by atoms with Crippen molar-refractivity contribution >= 4 is 45.9 Å². The van der Waals surface area contributed by atoms with Crippen LogP contribution < -0.4 is 10.1 Å². The number of halogens is 1. The lowest BCUT2D eigenvalue weighted by Gasteiger charge is -2.10. The smallest absolute Gasteiger partial charge is 0.234 e. The molecule has 0 saturated heterocycles. The molecule has 8 heteroatoms. The number of aromatic amines is 1. The lowest BCUT2D eigenvalue weighted by molar-refractivity contribution is -0.113. The molecule has 3 rings (SSSR count). The Bertz CT molecular complexity index is 907. The van der Waals surface area contributed by atoms with Crippen LogP contribution >= 0.6 is 34.4 Å². The van der Waals surface area contributed by atoms with Gasteiger partial charge in [-0.05, 0) is 71.8 Å². The van der Waals surface area contributed by atoms with Gasteiger partial charge in [0.25, 0.3) is 0 Å². The van der Waals surface area contributed by atoms with Crippen molar-refractivity contribution in [1.82, 2.24) is 15.2 Å². The largest absolute Gasteiger partial charge is 0.485 e. The summed E-state index contributed by atoms with van der Waals surface area (Å²) >= 11 is 3.50. The van der Waals surface area contributed by atoms with Crippen LogP contribution in [0.5, 0.6) is 5.75 Å². The average molecular weight is 494 g/mol. The van der Waals surface area contributed by atoms with Crippen LogP contribution in [0.25, 0.3) is 0 Å². The number of thioether (sulfide) groups is 1. The van der Waals surface area contributed by atoms with Crippen LogP contribution in [0.3, 0.4) is 0 Å². The number of nitrogens with zero attached hydrogens (tertiary/aromatic N) is 2. The summed E-state index contributed by atoms with van der Waals surface area (Å²) in [5.74, 6) is 1.62. The summed E-state index contributed by atoms with van der Waals surface area (Å²) in [6.07, 6.45) is 0. The zero-order valence-electron chi connectivity index (χ0n) is 15.0. The molecule has 0 atom stereocenters. The molecule has 0 bridgehead atoms. The minimum Gasteiger partial charge on any atom is -0.485 e. The Kier molecular flexibility index (Phi) is 6.73. The molecule has 2 N–H and O–H groups in total. The van der Waals surface area contributed by atoms with Crippen molar-refractivity contribution in [3.05, 3.63) is 63.0 Å². The average Bonchev–Trinajstić information content (AvgIpc) is 3.09. The zero-order valence-corrected chi connectivity index (χ0v) is 17.9. The lowest BCUT2D eigenvalue weighted by atomic mass is 10.1. The third-order valence-electron chi connectivity index (χ3n) is 3.73. The number of carbonyl (C=O) groups is 1. The Balaban J connectivity index is 1.49. The Morgan fingerprint density at radius 1 is 1.19 bits per heavy atom. The van der Waals surface area contributed by atoms with E-state index in [2.05, 4.69) is 43.1 Å². The SMILES string of the molecule is Cc1cccc(C)c1OCc1nc(SCC(=O)Nc2ccc(I)cc2)n[nH]1. The molecule has 140 valence electrons. The minimum atomic E-state index is -0.0978. The molecule has 0 aliphatic rings. The van der Waals surface area contributed by atoms with E-state index < -0.39 is 0 Å². The quantitative estimate of drug-likeness (QED) is 0.378. The Hall–Kier alpha value is -2.07. The molecule has 1 heterocycles. The monoisotopic (exact) mass is 494 g/mol. The number of carbonyl (C=O) groups excluding carboxylic acids is 1. The lowest BCUT2D eigenvalue weighted by Crippen LogP contribution is -2.14. The summed E-state index contributed by atoms with van der Waals surface area (Å²) in [7, 11) is 0. The standard InChI is InChI=1S/C19H19IN4O2S/c1-12-4-3-5-13(2)18(12)26-10-16-22-19(24-23-16)27-11-17(25)21-15-8-6-14(20)7-9-15/h3-9H,10-11H2,1-2H3,(H,21,25)(H,22,23,24). The third kappa shape index (κ3) is 5.70. The number of anilines is 1. The predicted octanol–water partition coefficient (Wildman–Crippen LogP) is 4.34. The maximum Gasteiger partial charge on any atom is 0.234 e. The van der Waals surface area contributed by atoms with Gasteiger partial charge in [0, 0.05) is 9.26 Å². The van der Waals surface area contributed by atoms with Crippen molar-refractivity contribution in [1.29, 1.82) is 0 Å². The van der Waals surface area contributed by atoms with Crippen LogP contribution in [-0.2, 0) is 11.4 Å². The van der Waals surface area contributed by atoms with Crippen molar-refractivity contribution in [3.8, 4) is 5.75 Å². The Morgan fingerprint density at radius 3 is 2.59 bits per heavy atom. The molecule has 0 unspecified atom stereocenters. The molecule has 1 aromatic heterocycles. The number of ether oxygens (including phenoxy) is 1. The van der Waals surface area contributed by atoms with Gasteiger partial charge in [-0.25, -0.2) is 4.98 Å². The number of aromatic nitrogens is 3. The fraction of sp³-hybridized carbons (Fsp3) is 0.211. The minimum absolute atomic E-state index is 0.0978. The summed E-state index contributed by atoms with van der Waals surface area (Å²) in [6.45, 7) is 4.32. The summed E-state index contributed by atoms with van der Waals surface area (Å²) in [5.41, 5.74) is 2.94. The summed E-state index contributed by atoms with van der Waals surface area (Å²) in [5, 5.41) is 10.4. The molecule has 0 saturated carbocycles. The van der Waals surface area contributed by atoms with Crippen molar-refractivity contribution in [2.24, 2.45) is 0 Å². The van der Waals surface area contributed by atoms with E-state index in [0.717, 1.165) is 26.1 Å². The molecule has 0 aliphatic heterocycles. The van der Waals surface area contributed by atoms with E-state index in [4.69, 9.17) is 4.74 Å². The van der Waals surface area contributed by atoms with E-state index in [1.54, 1.807) is 0 Å². The first kappa shape index (κ1) is 19.7. The summed E-state index contributed by atoms with van der Waals surface area (Å²) in [4.78, 5) is 16.4. The number of hydrogen-bond donors (Lipinski definition) is 2. The number of nitrogens with one attached hydrogen (secondary N) is 2. The van der Waals surface area contributed by atoms with Gasteiger partial charge in [0.05, 0.1) is 5.75 Å². The van der Waals surface area contributed by atoms with Crippen LogP contribution in [0.15, 0.2) is 47.6 Å². The summed E-state index contributed by atoms with van der Waals surface area (Å²) < 4.78 is 6.98. The van der Waals surface area contributed by atoms with Gasteiger partial charge in [0.2, 0.25) is 11.1 Å². The number of hydrogen-bond acceptors (Lipinski definition) is 5. The molecule has 2 aromatic carbocycles. The molecule has 0 spiro atoms. The highest BCUT2D eigenvalue weighted by molar-refractivity contribution is 14.1. The van der Waals surface area contributed by atoms with Crippen LogP contribution in [0.1, 0.15) is 17.0 Å². The number of amides is 1. The van der Waals surface area contributed by atoms with Crippen LogP contribution in [0.2, 0.25) is 0 Å². The number of H-pyrrole nitrogens is 1. The van der Waals surface area contributed by atoms with Gasteiger partial charge in [-0.3, -0.25) is 9.89 Å². The molecule has 27 heavy (non-hydrogen) atoms. The van der Waals surface area contributed by atoms with Gasteiger partial charge in [-0.15, -0.1) is 5.10 Å². The molecule has 0 radical (unpaired) electrons. The highest BCUT2D eigenvalue weighted by atomic mass is 127. The fourth-order valence-corrected chi connectivity index (χ4v) is 3.41. The van der Waals surface area contributed by atoms with E-state index in [0.29, 0.717) is 17.6 Å². The highest BCUT2D eigenvalue weighted by Crippen LogP contribution is 2.23. The van der Waals surface area contributed by atoms with Crippen molar-refractivity contribution in [3.63, 3.8) is 0 Å². The van der Waals surface area contributed by atoms with Gasteiger partial charge < -0.3 is 10.1 Å². The Labute approximate surface area is 175 Å². The first-order valence-electron chi connectivity index (χ1n) is 8.30. The molecule has 3 aromatic rings. The number of rotatable bonds is 7. The molecule has 6 nitrogen and oxygen atoms in total. The molecule has 1 amide bonds. The second-order valence-corrected chi connectivity index (χ2v) is 8.11. The molecular weight excluding hydrogens is 475 g/mol. The Morgan fingerprint density at radius 2 is 1.89 bits per heavy atom. The maximum absolute atomic E-state index is 12.0. The predicted molar refractivity (Wildman–Crippen MR) is 115 cm³/mol. The third-order valence-corrected chi connectivity index (χ3v) is 5.30. The number of para-hydroxylation sites is 1. The van der Waals surface area contributed by atoms with Crippen LogP contribution in [0.4, 0.5) is 5.69 Å². The molecular formula is C19H19IN4O2S. The fourth-order valence-electron chi connectivity index (χ4n) is 2.43. The van der Waals surface area contributed by atoms with E-state index in [1.165, 1.54) is 11.8 Å². The highest BCUT2D eigenvalue weighted by Gasteiger charge is 2.10. The molecule has 0 fully saturated rings. The topological polar surface area (TPSA) is 79.9 Å². The summed E-state index contributed by atoms with van der Waals surface area (Å²) in [6, 6.07) is 13.7. The zero-order chi connectivity index (χ0) is 19.2. The van der Waals surface area contributed by atoms with Crippen molar-refractivity contribution in [2.45, 2.75) is 25.6 Å². The van der Waals surface area contributed by atoms with Crippen LogP contribution in [-0.4, -0.2) is 26.8 Å². The normalized spacial score (nSPS) is 10.6. The van der Waals surface area contributed by atoms with Crippen molar-refractivity contribution < 1.29 is 9.53 Å². The van der Waals surface area contributed by atoms with Crippen molar-refractivity contribution in [2.75, 3.05) is 11.1 Å². The first-order valence-corrected chi connectivity index (χ1v) is 10.4. The van der Waals surface area contributed by atoms with E-state index in [-0.39, 0.29) is 11.7 Å². The van der Waals surface area contributed by atoms with Gasteiger partial charge in [-0.2, -0.15) is 0 Å². The van der Waals surface area contributed by atoms with Crippen LogP contribution in [0, 0.1) is 17.4 Å². The number of aryl methyl sites for hydroxylation is 2. The van der Waals surface area contributed by atoms with Gasteiger partial charge >= 0.3 is 0 Å². The van der Waals surface area contributed by atoms with Gasteiger partial charge in [0.1, 0.15) is 12.4 Å². The first-order chi connectivity index (χ1) is 13.0. The molecule has 0 aliphatic carbocycles. The van der Waals surface area contributed by atoms with Gasteiger partial charge in [0.15, 0.2) is 5.82 Å². The van der Waals surface area contributed by atoms with Gasteiger partial charge in [-0.1, -0.05) is 30.0 Å².